The van der Waals surface area contributed by atoms with Crippen molar-refractivity contribution in [2.75, 3.05) is 0 Å². The molecule has 1 unspecified atom stereocenters. The standard InChI is InChI=1S/C20H34O4/c1-2-18(15-11-9-13-17-20(23)24)14-10-7-5-3-4-6-8-12-16-19(21)22/h2,5,7,18H,1,3-4,6,8-17H2,(H,21,22)(H,23,24). The summed E-state index contributed by atoms with van der Waals surface area (Å²) in [7, 11) is 0. The van der Waals surface area contributed by atoms with Crippen LogP contribution < -0.4 is 0 Å². The van der Waals surface area contributed by atoms with Crippen molar-refractivity contribution in [3.63, 3.8) is 0 Å². The van der Waals surface area contributed by atoms with E-state index in [2.05, 4.69) is 18.7 Å². The van der Waals surface area contributed by atoms with E-state index in [4.69, 9.17) is 10.2 Å². The van der Waals surface area contributed by atoms with E-state index < -0.39 is 11.9 Å². The van der Waals surface area contributed by atoms with E-state index in [9.17, 15) is 9.59 Å². The maximum Gasteiger partial charge on any atom is 0.303 e. The van der Waals surface area contributed by atoms with Gasteiger partial charge in [0.1, 0.15) is 0 Å². The van der Waals surface area contributed by atoms with Gasteiger partial charge in [-0.25, -0.2) is 0 Å². The Kier molecular flexibility index (Phi) is 15.2. The topological polar surface area (TPSA) is 74.6 Å². The van der Waals surface area contributed by atoms with Gasteiger partial charge in [0.05, 0.1) is 0 Å². The van der Waals surface area contributed by atoms with Gasteiger partial charge in [-0.1, -0.05) is 43.9 Å². The molecule has 0 rings (SSSR count). The fourth-order valence-electron chi connectivity index (χ4n) is 2.68. The molecule has 0 saturated heterocycles. The van der Waals surface area contributed by atoms with Crippen LogP contribution in [0, 0.1) is 5.92 Å². The minimum absolute atomic E-state index is 0.276. The molecule has 0 aliphatic heterocycles. The number of rotatable bonds is 17. The van der Waals surface area contributed by atoms with E-state index in [1.165, 1.54) is 0 Å². The number of unbranched alkanes of at least 4 members (excludes halogenated alkanes) is 6. The summed E-state index contributed by atoms with van der Waals surface area (Å²) >= 11 is 0. The lowest BCUT2D eigenvalue weighted by atomic mass is 9.96. The maximum absolute atomic E-state index is 10.4. The Balaban J connectivity index is 3.49. The molecule has 0 aliphatic rings. The van der Waals surface area contributed by atoms with Gasteiger partial charge in [0, 0.05) is 12.8 Å². The summed E-state index contributed by atoms with van der Waals surface area (Å²) in [4.78, 5) is 20.8. The zero-order valence-electron chi connectivity index (χ0n) is 14.9. The Morgan fingerprint density at radius 2 is 1.29 bits per heavy atom. The second-order valence-electron chi connectivity index (χ2n) is 6.38. The molecule has 4 heteroatoms. The van der Waals surface area contributed by atoms with Crippen LogP contribution >= 0.6 is 0 Å². The number of aliphatic carboxylic acids is 2. The van der Waals surface area contributed by atoms with Crippen molar-refractivity contribution >= 4 is 11.9 Å². The van der Waals surface area contributed by atoms with Crippen LogP contribution in [0.4, 0.5) is 0 Å². The molecule has 0 amide bonds. The third-order valence-corrected chi connectivity index (χ3v) is 4.18. The summed E-state index contributed by atoms with van der Waals surface area (Å²) < 4.78 is 0. The third-order valence-electron chi connectivity index (χ3n) is 4.18. The monoisotopic (exact) mass is 338 g/mol. The highest BCUT2D eigenvalue weighted by atomic mass is 16.4. The Morgan fingerprint density at radius 3 is 1.88 bits per heavy atom. The molecule has 4 nitrogen and oxygen atoms in total. The predicted molar refractivity (Wildman–Crippen MR) is 98.1 cm³/mol. The highest BCUT2D eigenvalue weighted by Crippen LogP contribution is 2.17. The highest BCUT2D eigenvalue weighted by Gasteiger charge is 2.03. The molecule has 0 bridgehead atoms. The van der Waals surface area contributed by atoms with Crippen molar-refractivity contribution in [1.29, 1.82) is 0 Å². The van der Waals surface area contributed by atoms with Crippen molar-refractivity contribution in [3.05, 3.63) is 24.8 Å². The Hall–Kier alpha value is -1.58. The number of hydrogen-bond acceptors (Lipinski definition) is 2. The fourth-order valence-corrected chi connectivity index (χ4v) is 2.68. The van der Waals surface area contributed by atoms with E-state index >= 15 is 0 Å². The van der Waals surface area contributed by atoms with Crippen molar-refractivity contribution in [2.24, 2.45) is 5.92 Å². The average molecular weight is 338 g/mol. The van der Waals surface area contributed by atoms with E-state index in [-0.39, 0.29) is 12.8 Å². The molecule has 0 heterocycles. The SMILES string of the molecule is C=CC(CCC=CCCCCCCC(=O)O)CCCCCC(=O)O. The molecule has 0 saturated carbocycles. The number of carboxylic acids is 2. The third kappa shape index (κ3) is 16.8. The molecule has 0 spiro atoms. The molecule has 0 fully saturated rings. The first-order valence-corrected chi connectivity index (χ1v) is 9.27. The van der Waals surface area contributed by atoms with Gasteiger partial charge in [-0.05, 0) is 50.9 Å². The summed E-state index contributed by atoms with van der Waals surface area (Å²) in [6.45, 7) is 3.90. The smallest absolute Gasteiger partial charge is 0.303 e. The molecule has 2 N–H and O–H groups in total. The molecule has 1 atom stereocenters. The van der Waals surface area contributed by atoms with Gasteiger partial charge < -0.3 is 10.2 Å². The van der Waals surface area contributed by atoms with Gasteiger partial charge in [-0.3, -0.25) is 9.59 Å². The van der Waals surface area contributed by atoms with Crippen molar-refractivity contribution in [2.45, 2.75) is 83.5 Å². The summed E-state index contributed by atoms with van der Waals surface area (Å²) in [5, 5.41) is 17.1. The van der Waals surface area contributed by atoms with Gasteiger partial charge in [-0.15, -0.1) is 6.58 Å². The van der Waals surface area contributed by atoms with Crippen LogP contribution in [0.5, 0.6) is 0 Å². The molecule has 138 valence electrons. The fraction of sp³-hybridized carbons (Fsp3) is 0.700. The van der Waals surface area contributed by atoms with E-state index in [1.54, 1.807) is 0 Å². The predicted octanol–water partition coefficient (Wildman–Crippen LogP) is 5.59. The normalized spacial score (nSPS) is 12.3. The van der Waals surface area contributed by atoms with Gasteiger partial charge >= 0.3 is 11.9 Å². The van der Waals surface area contributed by atoms with E-state index in [1.807, 2.05) is 6.08 Å². The first kappa shape index (κ1) is 22.4. The van der Waals surface area contributed by atoms with Crippen LogP contribution in [0.1, 0.15) is 83.5 Å². The number of allylic oxidation sites excluding steroid dienone is 3. The number of carboxylic acid groups (broad SMARTS) is 2. The van der Waals surface area contributed by atoms with Gasteiger partial charge in [0.25, 0.3) is 0 Å². The average Bonchev–Trinajstić information content (AvgIpc) is 2.53. The first-order chi connectivity index (χ1) is 11.6. The number of hydrogen-bond donors (Lipinski definition) is 2. The van der Waals surface area contributed by atoms with Crippen LogP contribution in [0.15, 0.2) is 24.8 Å². The summed E-state index contributed by atoms with van der Waals surface area (Å²) in [5.41, 5.74) is 0. The zero-order chi connectivity index (χ0) is 18.0. The van der Waals surface area contributed by atoms with Gasteiger partial charge in [-0.2, -0.15) is 0 Å². The lowest BCUT2D eigenvalue weighted by Crippen LogP contribution is -1.97. The van der Waals surface area contributed by atoms with Crippen LogP contribution in [-0.4, -0.2) is 22.2 Å². The minimum atomic E-state index is -0.706. The van der Waals surface area contributed by atoms with Crippen LogP contribution in [0.25, 0.3) is 0 Å². The van der Waals surface area contributed by atoms with Crippen molar-refractivity contribution in [3.8, 4) is 0 Å². The lowest BCUT2D eigenvalue weighted by Gasteiger charge is -2.10. The lowest BCUT2D eigenvalue weighted by molar-refractivity contribution is -0.138. The highest BCUT2D eigenvalue weighted by molar-refractivity contribution is 5.66. The van der Waals surface area contributed by atoms with Crippen LogP contribution in [0.2, 0.25) is 0 Å². The van der Waals surface area contributed by atoms with Crippen LogP contribution in [0.3, 0.4) is 0 Å². The summed E-state index contributed by atoms with van der Waals surface area (Å²) in [5.74, 6) is -0.883. The molecular weight excluding hydrogens is 304 g/mol. The van der Waals surface area contributed by atoms with Crippen molar-refractivity contribution in [1.82, 2.24) is 0 Å². The van der Waals surface area contributed by atoms with Crippen LogP contribution in [-0.2, 0) is 9.59 Å². The Labute approximate surface area is 146 Å². The summed E-state index contributed by atoms with van der Waals surface area (Å²) in [6, 6.07) is 0. The maximum atomic E-state index is 10.4. The molecule has 0 aromatic rings. The van der Waals surface area contributed by atoms with Gasteiger partial charge in [0.15, 0.2) is 0 Å². The first-order valence-electron chi connectivity index (χ1n) is 9.27. The van der Waals surface area contributed by atoms with Gasteiger partial charge in [0.2, 0.25) is 0 Å². The number of carbonyl (C=O) groups is 2. The quantitative estimate of drug-likeness (QED) is 0.268. The van der Waals surface area contributed by atoms with E-state index in [0.717, 1.165) is 70.6 Å². The second-order valence-corrected chi connectivity index (χ2v) is 6.38. The minimum Gasteiger partial charge on any atom is -0.481 e. The molecule has 0 radical (unpaired) electrons. The molecule has 0 aliphatic carbocycles. The molecule has 0 aromatic heterocycles. The largest absolute Gasteiger partial charge is 0.481 e. The molecule has 0 aromatic carbocycles. The van der Waals surface area contributed by atoms with E-state index in [0.29, 0.717) is 5.92 Å². The van der Waals surface area contributed by atoms with Crippen molar-refractivity contribution < 1.29 is 19.8 Å². The Bertz CT molecular complexity index is 374. The Morgan fingerprint density at radius 1 is 0.750 bits per heavy atom. The molecule has 24 heavy (non-hydrogen) atoms. The second kappa shape index (κ2) is 16.3. The zero-order valence-corrected chi connectivity index (χ0v) is 14.9. The summed E-state index contributed by atoms with van der Waals surface area (Å²) in [6.07, 6.45) is 18.2. The molecular formula is C20H34O4.